The zero-order valence-corrected chi connectivity index (χ0v) is 15.6. The van der Waals surface area contributed by atoms with Crippen molar-refractivity contribution >= 4 is 10.8 Å². The lowest BCUT2D eigenvalue weighted by Gasteiger charge is -2.46. The van der Waals surface area contributed by atoms with Gasteiger partial charge in [-0.1, -0.05) is 56.3 Å². The molecule has 3 rings (SSSR count). The molecule has 0 heterocycles. The van der Waals surface area contributed by atoms with E-state index >= 15 is 0 Å². The summed E-state index contributed by atoms with van der Waals surface area (Å²) in [5, 5.41) is 12.4. The molecule has 0 saturated heterocycles. The van der Waals surface area contributed by atoms with Crippen LogP contribution in [0.15, 0.2) is 42.5 Å². The van der Waals surface area contributed by atoms with E-state index < -0.39 is 0 Å². The predicted molar refractivity (Wildman–Crippen MR) is 102 cm³/mol. The maximum Gasteiger partial charge on any atom is 0.0697 e. The average molecular weight is 342 g/mol. The Balaban J connectivity index is 1.60. The Morgan fingerprint density at radius 2 is 1.88 bits per heavy atom. The number of methoxy groups -OCH3 is 1. The first-order chi connectivity index (χ1) is 12.0. The number of hydrogen-bond acceptors (Lipinski definition) is 3. The molecule has 3 nitrogen and oxygen atoms in total. The topological polar surface area (TPSA) is 38.7 Å². The van der Waals surface area contributed by atoms with E-state index in [2.05, 4.69) is 56.3 Å². The molecule has 1 fully saturated rings. The van der Waals surface area contributed by atoms with Crippen LogP contribution in [0.3, 0.4) is 0 Å². The highest BCUT2D eigenvalue weighted by Gasteiger charge is 2.44. The van der Waals surface area contributed by atoms with Gasteiger partial charge in [-0.25, -0.2) is 0 Å². The minimum Gasteiger partial charge on any atom is -0.396 e. The van der Waals surface area contributed by atoms with E-state index in [0.29, 0.717) is 6.61 Å². The summed E-state index contributed by atoms with van der Waals surface area (Å²) in [5.41, 5.74) is 1.37. The molecule has 1 saturated carbocycles. The van der Waals surface area contributed by atoms with Crippen LogP contribution in [0.1, 0.15) is 32.3 Å². The molecule has 2 aromatic rings. The van der Waals surface area contributed by atoms with Gasteiger partial charge >= 0.3 is 0 Å². The van der Waals surface area contributed by atoms with Crippen molar-refractivity contribution in [3.05, 3.63) is 48.0 Å². The highest BCUT2D eigenvalue weighted by atomic mass is 16.5. The van der Waals surface area contributed by atoms with E-state index in [4.69, 9.17) is 9.47 Å². The quantitative estimate of drug-likeness (QED) is 0.854. The average Bonchev–Trinajstić information content (AvgIpc) is 2.62. The van der Waals surface area contributed by atoms with Crippen molar-refractivity contribution < 1.29 is 14.6 Å². The highest BCUT2D eigenvalue weighted by Crippen LogP contribution is 2.41. The highest BCUT2D eigenvalue weighted by molar-refractivity contribution is 5.82. The molecule has 0 aliphatic heterocycles. The molecule has 0 unspecified atom stereocenters. The molecule has 3 atom stereocenters. The van der Waals surface area contributed by atoms with Gasteiger partial charge in [-0.3, -0.25) is 0 Å². The third kappa shape index (κ3) is 4.05. The Morgan fingerprint density at radius 3 is 2.60 bits per heavy atom. The Labute approximate surface area is 151 Å². The Kier molecular flexibility index (Phi) is 5.78. The van der Waals surface area contributed by atoms with Crippen molar-refractivity contribution in [3.63, 3.8) is 0 Å². The predicted octanol–water partition coefficient (Wildman–Crippen LogP) is 4.21. The molecule has 0 radical (unpaired) electrons. The van der Waals surface area contributed by atoms with Crippen LogP contribution in [0.4, 0.5) is 0 Å². The van der Waals surface area contributed by atoms with E-state index in [0.717, 1.165) is 19.3 Å². The molecular formula is C22H30O3. The second kappa shape index (κ2) is 7.86. The normalized spacial score (nSPS) is 26.0. The summed E-state index contributed by atoms with van der Waals surface area (Å²) in [4.78, 5) is 0. The smallest absolute Gasteiger partial charge is 0.0697 e. The van der Waals surface area contributed by atoms with Crippen LogP contribution in [0.2, 0.25) is 0 Å². The van der Waals surface area contributed by atoms with E-state index in [1.54, 1.807) is 7.11 Å². The summed E-state index contributed by atoms with van der Waals surface area (Å²) in [6.07, 6.45) is 3.04. The number of aliphatic hydroxyl groups excluding tert-OH is 1. The molecular weight excluding hydrogens is 312 g/mol. The van der Waals surface area contributed by atoms with Crippen LogP contribution in [0, 0.1) is 11.3 Å². The fraction of sp³-hybridized carbons (Fsp3) is 0.545. The van der Waals surface area contributed by atoms with Crippen molar-refractivity contribution in [1.82, 2.24) is 0 Å². The SMILES string of the molecule is CO[C@@H]1[C@H](CO)[C@H](OCCc2ccc3ccccc3c2)CCC1(C)C. The standard InChI is InChI=1S/C22H30O3/c1-22(2)12-10-20(19(15-23)21(22)24-3)25-13-11-16-8-9-17-6-4-5-7-18(17)14-16/h4-9,14,19-21,23H,10-13,15H2,1-3H3/t19-,20-,21-/m1/s1. The first-order valence-corrected chi connectivity index (χ1v) is 9.28. The van der Waals surface area contributed by atoms with Gasteiger partial charge in [0, 0.05) is 13.0 Å². The minimum atomic E-state index is 0.0388. The van der Waals surface area contributed by atoms with Gasteiger partial charge in [0.2, 0.25) is 0 Å². The van der Waals surface area contributed by atoms with Crippen LogP contribution < -0.4 is 0 Å². The third-order valence-electron chi connectivity index (χ3n) is 5.71. The van der Waals surface area contributed by atoms with Crippen molar-refractivity contribution in [2.45, 2.75) is 45.3 Å². The molecule has 0 aromatic heterocycles. The Morgan fingerprint density at radius 1 is 1.12 bits per heavy atom. The maximum atomic E-state index is 9.87. The number of hydrogen-bond donors (Lipinski definition) is 1. The van der Waals surface area contributed by atoms with Gasteiger partial charge in [0.15, 0.2) is 0 Å². The Bertz CT molecular complexity index is 694. The van der Waals surface area contributed by atoms with Crippen LogP contribution >= 0.6 is 0 Å². The first kappa shape index (κ1) is 18.4. The van der Waals surface area contributed by atoms with Gasteiger partial charge in [-0.15, -0.1) is 0 Å². The molecule has 0 amide bonds. The summed E-state index contributed by atoms with van der Waals surface area (Å²) in [6.45, 7) is 5.23. The Hall–Kier alpha value is -1.42. The van der Waals surface area contributed by atoms with E-state index in [-0.39, 0.29) is 30.1 Å². The zero-order valence-electron chi connectivity index (χ0n) is 15.6. The largest absolute Gasteiger partial charge is 0.396 e. The lowest BCUT2D eigenvalue weighted by Crippen LogP contribution is -2.50. The van der Waals surface area contributed by atoms with E-state index in [1.165, 1.54) is 16.3 Å². The molecule has 1 aliphatic carbocycles. The third-order valence-corrected chi connectivity index (χ3v) is 5.71. The molecule has 0 spiro atoms. The fourth-order valence-corrected chi connectivity index (χ4v) is 4.28. The second-order valence-electron chi connectivity index (χ2n) is 7.87. The monoisotopic (exact) mass is 342 g/mol. The summed E-state index contributed by atoms with van der Waals surface area (Å²) in [5.74, 6) is 0.0466. The maximum absolute atomic E-state index is 9.87. The number of ether oxygens (including phenoxy) is 2. The number of benzene rings is 2. The molecule has 2 aromatic carbocycles. The zero-order chi connectivity index (χ0) is 17.9. The van der Waals surface area contributed by atoms with Crippen molar-refractivity contribution in [3.8, 4) is 0 Å². The number of fused-ring (bicyclic) bond motifs is 1. The van der Waals surface area contributed by atoms with Gasteiger partial charge in [0.25, 0.3) is 0 Å². The fourth-order valence-electron chi connectivity index (χ4n) is 4.28. The van der Waals surface area contributed by atoms with Crippen molar-refractivity contribution in [2.24, 2.45) is 11.3 Å². The van der Waals surface area contributed by atoms with Gasteiger partial charge < -0.3 is 14.6 Å². The summed E-state index contributed by atoms with van der Waals surface area (Å²) in [7, 11) is 1.74. The lowest BCUT2D eigenvalue weighted by atomic mass is 9.68. The van der Waals surface area contributed by atoms with Gasteiger partial charge in [-0.05, 0) is 41.0 Å². The molecule has 25 heavy (non-hydrogen) atoms. The van der Waals surface area contributed by atoms with E-state index in [9.17, 15) is 5.11 Å². The van der Waals surface area contributed by atoms with Gasteiger partial charge in [-0.2, -0.15) is 0 Å². The molecule has 0 bridgehead atoms. The van der Waals surface area contributed by atoms with Crippen LogP contribution in [0.25, 0.3) is 10.8 Å². The molecule has 3 heteroatoms. The summed E-state index contributed by atoms with van der Waals surface area (Å²) in [6, 6.07) is 15.0. The number of rotatable bonds is 6. The number of aliphatic hydroxyl groups is 1. The molecule has 136 valence electrons. The summed E-state index contributed by atoms with van der Waals surface area (Å²) < 4.78 is 11.9. The van der Waals surface area contributed by atoms with Gasteiger partial charge in [0.1, 0.15) is 0 Å². The second-order valence-corrected chi connectivity index (χ2v) is 7.87. The minimum absolute atomic E-state index is 0.0388. The first-order valence-electron chi connectivity index (χ1n) is 9.28. The van der Waals surface area contributed by atoms with Crippen LogP contribution in [0.5, 0.6) is 0 Å². The van der Waals surface area contributed by atoms with Gasteiger partial charge in [0.05, 0.1) is 25.4 Å². The van der Waals surface area contributed by atoms with Crippen LogP contribution in [-0.4, -0.2) is 37.6 Å². The van der Waals surface area contributed by atoms with E-state index in [1.807, 2.05) is 0 Å². The van der Waals surface area contributed by atoms with Crippen molar-refractivity contribution in [1.29, 1.82) is 0 Å². The molecule has 1 aliphatic rings. The van der Waals surface area contributed by atoms with Crippen molar-refractivity contribution in [2.75, 3.05) is 20.3 Å². The lowest BCUT2D eigenvalue weighted by molar-refractivity contribution is -0.142. The summed E-state index contributed by atoms with van der Waals surface area (Å²) >= 11 is 0. The molecule has 1 N–H and O–H groups in total. The van der Waals surface area contributed by atoms with Crippen LogP contribution in [-0.2, 0) is 15.9 Å².